The van der Waals surface area contributed by atoms with E-state index in [1.54, 1.807) is 0 Å². The van der Waals surface area contributed by atoms with Crippen molar-refractivity contribution in [2.75, 3.05) is 6.61 Å². The van der Waals surface area contributed by atoms with E-state index in [2.05, 4.69) is 19.1 Å². The summed E-state index contributed by atoms with van der Waals surface area (Å²) in [6, 6.07) is 0. The van der Waals surface area contributed by atoms with Gasteiger partial charge in [0, 0.05) is 6.61 Å². The van der Waals surface area contributed by atoms with E-state index in [1.807, 2.05) is 0 Å². The van der Waals surface area contributed by atoms with Crippen LogP contribution in [0.3, 0.4) is 0 Å². The summed E-state index contributed by atoms with van der Waals surface area (Å²) in [4.78, 5) is 0. The Morgan fingerprint density at radius 2 is 1.29 bits per heavy atom. The Kier molecular flexibility index (Phi) is 12.4. The topological polar surface area (TPSA) is 20.2 Å². The van der Waals surface area contributed by atoms with Gasteiger partial charge >= 0.3 is 0 Å². The van der Waals surface area contributed by atoms with Crippen LogP contribution >= 0.6 is 0 Å². The van der Waals surface area contributed by atoms with Gasteiger partial charge in [0.2, 0.25) is 0 Å². The molecule has 0 atom stereocenters. The van der Waals surface area contributed by atoms with Gasteiger partial charge in [0.05, 0.1) is 0 Å². The fraction of sp³-hybridized carbons (Fsp3) is 0.846. The Morgan fingerprint density at radius 3 is 1.79 bits per heavy atom. The van der Waals surface area contributed by atoms with Gasteiger partial charge in [-0.1, -0.05) is 50.7 Å². The first-order valence-corrected chi connectivity index (χ1v) is 6.14. The summed E-state index contributed by atoms with van der Waals surface area (Å²) in [6.45, 7) is 2.45. The summed E-state index contributed by atoms with van der Waals surface area (Å²) >= 11 is 0. The van der Waals surface area contributed by atoms with Crippen molar-refractivity contribution in [2.45, 2.75) is 64.7 Å². The molecule has 0 aliphatic rings. The molecule has 0 aromatic heterocycles. The van der Waals surface area contributed by atoms with Crippen molar-refractivity contribution in [2.24, 2.45) is 0 Å². The zero-order valence-corrected chi connectivity index (χ0v) is 9.67. The van der Waals surface area contributed by atoms with Gasteiger partial charge in [0.25, 0.3) is 0 Å². The SMILES string of the molecule is CC=CCCCCCCCCCCO. The molecule has 84 valence electrons. The van der Waals surface area contributed by atoms with Crippen LogP contribution in [0.5, 0.6) is 0 Å². The fourth-order valence-corrected chi connectivity index (χ4v) is 1.60. The van der Waals surface area contributed by atoms with Crippen molar-refractivity contribution in [1.29, 1.82) is 0 Å². The smallest absolute Gasteiger partial charge is 0.0431 e. The van der Waals surface area contributed by atoms with Crippen LogP contribution < -0.4 is 0 Å². The number of allylic oxidation sites excluding steroid dienone is 2. The van der Waals surface area contributed by atoms with Crippen molar-refractivity contribution in [3.8, 4) is 0 Å². The molecule has 0 heterocycles. The summed E-state index contributed by atoms with van der Waals surface area (Å²) in [5.41, 5.74) is 0. The lowest BCUT2D eigenvalue weighted by Gasteiger charge is -2.00. The maximum atomic E-state index is 8.58. The van der Waals surface area contributed by atoms with Crippen LogP contribution in [0.15, 0.2) is 12.2 Å². The molecule has 0 saturated heterocycles. The molecule has 1 heteroatoms. The van der Waals surface area contributed by atoms with Crippen molar-refractivity contribution < 1.29 is 5.11 Å². The molecule has 0 rings (SSSR count). The second-order valence-electron chi connectivity index (χ2n) is 3.91. The Balaban J connectivity index is 2.85. The summed E-state index contributed by atoms with van der Waals surface area (Å²) in [5.74, 6) is 0. The zero-order valence-electron chi connectivity index (χ0n) is 9.67. The van der Waals surface area contributed by atoms with Gasteiger partial charge in [-0.15, -0.1) is 0 Å². The van der Waals surface area contributed by atoms with E-state index in [-0.39, 0.29) is 0 Å². The van der Waals surface area contributed by atoms with Crippen molar-refractivity contribution in [3.63, 3.8) is 0 Å². The average molecular weight is 198 g/mol. The van der Waals surface area contributed by atoms with Crippen LogP contribution in [-0.4, -0.2) is 11.7 Å². The van der Waals surface area contributed by atoms with Gasteiger partial charge in [-0.25, -0.2) is 0 Å². The normalized spacial score (nSPS) is 11.3. The van der Waals surface area contributed by atoms with E-state index in [0.29, 0.717) is 6.61 Å². The molecule has 0 radical (unpaired) electrons. The number of rotatable bonds is 10. The number of unbranched alkanes of at least 4 members (excludes halogenated alkanes) is 8. The number of aliphatic hydroxyl groups excluding tert-OH is 1. The number of hydrogen-bond acceptors (Lipinski definition) is 1. The molecular formula is C13H26O. The number of hydrogen-bond donors (Lipinski definition) is 1. The summed E-state index contributed by atoms with van der Waals surface area (Å²) < 4.78 is 0. The molecule has 0 aliphatic heterocycles. The zero-order chi connectivity index (χ0) is 10.5. The first kappa shape index (κ1) is 13.7. The monoisotopic (exact) mass is 198 g/mol. The highest BCUT2D eigenvalue weighted by atomic mass is 16.2. The Labute approximate surface area is 89.2 Å². The quantitative estimate of drug-likeness (QED) is 0.414. The van der Waals surface area contributed by atoms with Crippen molar-refractivity contribution in [3.05, 3.63) is 12.2 Å². The second-order valence-corrected chi connectivity index (χ2v) is 3.91. The third-order valence-electron chi connectivity index (χ3n) is 2.51. The molecule has 0 aromatic carbocycles. The third kappa shape index (κ3) is 11.7. The first-order valence-electron chi connectivity index (χ1n) is 6.14. The highest BCUT2D eigenvalue weighted by Gasteiger charge is 1.90. The summed E-state index contributed by atoms with van der Waals surface area (Å²) in [7, 11) is 0. The van der Waals surface area contributed by atoms with E-state index in [4.69, 9.17) is 5.11 Å². The molecule has 0 fully saturated rings. The molecule has 0 saturated carbocycles. The van der Waals surface area contributed by atoms with E-state index in [9.17, 15) is 0 Å². The van der Waals surface area contributed by atoms with Crippen LogP contribution in [0.2, 0.25) is 0 Å². The minimum absolute atomic E-state index is 0.364. The molecule has 0 unspecified atom stereocenters. The Morgan fingerprint density at radius 1 is 0.786 bits per heavy atom. The van der Waals surface area contributed by atoms with Crippen LogP contribution in [-0.2, 0) is 0 Å². The molecule has 0 aromatic rings. The van der Waals surface area contributed by atoms with E-state index in [0.717, 1.165) is 6.42 Å². The maximum absolute atomic E-state index is 8.58. The van der Waals surface area contributed by atoms with Crippen LogP contribution in [0.4, 0.5) is 0 Å². The van der Waals surface area contributed by atoms with Crippen LogP contribution in [0, 0.1) is 0 Å². The van der Waals surface area contributed by atoms with Crippen LogP contribution in [0.25, 0.3) is 0 Å². The minimum atomic E-state index is 0.364. The lowest BCUT2D eigenvalue weighted by atomic mass is 10.1. The highest BCUT2D eigenvalue weighted by Crippen LogP contribution is 2.09. The Hall–Kier alpha value is -0.300. The van der Waals surface area contributed by atoms with E-state index >= 15 is 0 Å². The van der Waals surface area contributed by atoms with E-state index in [1.165, 1.54) is 51.4 Å². The Bertz CT molecular complexity index is 118. The van der Waals surface area contributed by atoms with Crippen LogP contribution in [0.1, 0.15) is 64.7 Å². The van der Waals surface area contributed by atoms with Crippen molar-refractivity contribution >= 4 is 0 Å². The highest BCUT2D eigenvalue weighted by molar-refractivity contribution is 4.76. The molecule has 1 N–H and O–H groups in total. The molecule has 1 nitrogen and oxygen atoms in total. The lowest BCUT2D eigenvalue weighted by molar-refractivity contribution is 0.282. The molecule has 0 aliphatic carbocycles. The lowest BCUT2D eigenvalue weighted by Crippen LogP contribution is -1.84. The average Bonchev–Trinajstić information content (AvgIpc) is 2.21. The largest absolute Gasteiger partial charge is 0.396 e. The van der Waals surface area contributed by atoms with Gasteiger partial charge in [0.15, 0.2) is 0 Å². The summed E-state index contributed by atoms with van der Waals surface area (Å²) in [5, 5.41) is 8.58. The van der Waals surface area contributed by atoms with Gasteiger partial charge in [-0.05, 0) is 26.2 Å². The molecular weight excluding hydrogens is 172 g/mol. The minimum Gasteiger partial charge on any atom is -0.396 e. The van der Waals surface area contributed by atoms with Gasteiger partial charge in [0.1, 0.15) is 0 Å². The molecule has 14 heavy (non-hydrogen) atoms. The fourth-order valence-electron chi connectivity index (χ4n) is 1.60. The summed E-state index contributed by atoms with van der Waals surface area (Å²) in [6.07, 6.45) is 16.0. The van der Waals surface area contributed by atoms with Crippen molar-refractivity contribution in [1.82, 2.24) is 0 Å². The number of aliphatic hydroxyl groups is 1. The van der Waals surface area contributed by atoms with E-state index < -0.39 is 0 Å². The third-order valence-corrected chi connectivity index (χ3v) is 2.51. The first-order chi connectivity index (χ1) is 6.91. The molecule has 0 amide bonds. The van der Waals surface area contributed by atoms with Gasteiger partial charge < -0.3 is 5.11 Å². The standard InChI is InChI=1S/C13H26O/c1-2-3-4-5-6-7-8-9-10-11-12-13-14/h2-3,14H,4-13H2,1H3. The second kappa shape index (κ2) is 12.7. The predicted octanol–water partition coefficient (Wildman–Crippen LogP) is 4.07. The molecule has 0 spiro atoms. The maximum Gasteiger partial charge on any atom is 0.0431 e. The van der Waals surface area contributed by atoms with Gasteiger partial charge in [-0.2, -0.15) is 0 Å². The van der Waals surface area contributed by atoms with Gasteiger partial charge in [-0.3, -0.25) is 0 Å². The molecule has 0 bridgehead atoms. The predicted molar refractivity (Wildman–Crippen MR) is 63.5 cm³/mol.